The molecule has 92 valence electrons. The van der Waals surface area contributed by atoms with E-state index < -0.39 is 0 Å². The Balaban J connectivity index is 1.93. The van der Waals surface area contributed by atoms with Crippen molar-refractivity contribution in [3.63, 3.8) is 0 Å². The Kier molecular flexibility index (Phi) is 3.49. The molecule has 0 bridgehead atoms. The second-order valence-corrected chi connectivity index (χ2v) is 4.07. The van der Waals surface area contributed by atoms with Crippen LogP contribution in [-0.4, -0.2) is 16.3 Å². The minimum Gasteiger partial charge on any atom is -0.398 e. The first kappa shape index (κ1) is 12.0. The Bertz CT molecular complexity index is 579. The van der Waals surface area contributed by atoms with Crippen molar-refractivity contribution in [2.45, 2.75) is 6.42 Å². The van der Waals surface area contributed by atoms with E-state index in [0.29, 0.717) is 11.3 Å². The van der Waals surface area contributed by atoms with Gasteiger partial charge in [0.25, 0.3) is 0 Å². The second kappa shape index (κ2) is 5.23. The van der Waals surface area contributed by atoms with Gasteiger partial charge in [0, 0.05) is 37.6 Å². The van der Waals surface area contributed by atoms with Crippen LogP contribution in [0.4, 0.5) is 11.4 Å². The molecule has 3 N–H and O–H groups in total. The van der Waals surface area contributed by atoms with Gasteiger partial charge in [-0.15, -0.1) is 0 Å². The molecule has 0 amide bonds. The lowest BCUT2D eigenvalue weighted by atomic mass is 10.1. The van der Waals surface area contributed by atoms with Crippen molar-refractivity contribution in [1.29, 1.82) is 5.26 Å². The number of nitrogens with one attached hydrogen (secondary N) is 1. The Morgan fingerprint density at radius 3 is 2.94 bits per heavy atom. The van der Waals surface area contributed by atoms with E-state index in [2.05, 4.69) is 16.5 Å². The third-order valence-electron chi connectivity index (χ3n) is 2.65. The van der Waals surface area contributed by atoms with Gasteiger partial charge in [-0.2, -0.15) is 10.4 Å². The van der Waals surface area contributed by atoms with Crippen molar-refractivity contribution in [2.75, 3.05) is 17.6 Å². The molecule has 0 aliphatic carbocycles. The van der Waals surface area contributed by atoms with Gasteiger partial charge in [-0.1, -0.05) is 0 Å². The zero-order chi connectivity index (χ0) is 13.0. The Morgan fingerprint density at radius 1 is 1.44 bits per heavy atom. The molecule has 0 fully saturated rings. The molecule has 0 aliphatic heterocycles. The summed E-state index contributed by atoms with van der Waals surface area (Å²) in [6.07, 6.45) is 2.76. The number of hydrogen-bond acceptors (Lipinski definition) is 4. The fourth-order valence-corrected chi connectivity index (χ4v) is 1.69. The minimum atomic E-state index is 0.498. The predicted octanol–water partition coefficient (Wildman–Crippen LogP) is 1.53. The number of hydrogen-bond donors (Lipinski definition) is 2. The van der Waals surface area contributed by atoms with Crippen LogP contribution in [0.3, 0.4) is 0 Å². The first-order valence-corrected chi connectivity index (χ1v) is 5.71. The molecule has 0 aliphatic rings. The molecule has 1 heterocycles. The number of benzene rings is 1. The van der Waals surface area contributed by atoms with Gasteiger partial charge in [0.15, 0.2) is 0 Å². The number of nitrogens with two attached hydrogens (primary N) is 1. The van der Waals surface area contributed by atoms with Gasteiger partial charge in [0.05, 0.1) is 11.3 Å². The monoisotopic (exact) mass is 241 g/mol. The van der Waals surface area contributed by atoms with E-state index in [-0.39, 0.29) is 0 Å². The van der Waals surface area contributed by atoms with Crippen molar-refractivity contribution >= 4 is 11.4 Å². The molecule has 0 spiro atoms. The van der Waals surface area contributed by atoms with Crippen molar-refractivity contribution in [3.05, 3.63) is 41.7 Å². The summed E-state index contributed by atoms with van der Waals surface area (Å²) in [6, 6.07) is 9.42. The SMILES string of the molecule is Cn1ccc(CCNc2ccc(N)c(C#N)c2)n1. The lowest BCUT2D eigenvalue weighted by molar-refractivity contribution is 0.742. The predicted molar refractivity (Wildman–Crippen MR) is 71.0 cm³/mol. The molecule has 0 saturated heterocycles. The maximum absolute atomic E-state index is 8.88. The van der Waals surface area contributed by atoms with E-state index in [1.165, 1.54) is 0 Å². The Morgan fingerprint density at radius 2 is 2.28 bits per heavy atom. The van der Waals surface area contributed by atoms with E-state index in [9.17, 15) is 0 Å². The highest BCUT2D eigenvalue weighted by atomic mass is 15.2. The summed E-state index contributed by atoms with van der Waals surface area (Å²) >= 11 is 0. The van der Waals surface area contributed by atoms with Crippen LogP contribution in [0.2, 0.25) is 0 Å². The van der Waals surface area contributed by atoms with E-state index in [1.807, 2.05) is 25.4 Å². The minimum absolute atomic E-state index is 0.498. The summed E-state index contributed by atoms with van der Waals surface area (Å²) in [5.74, 6) is 0. The van der Waals surface area contributed by atoms with Gasteiger partial charge in [0.2, 0.25) is 0 Å². The zero-order valence-corrected chi connectivity index (χ0v) is 10.2. The van der Waals surface area contributed by atoms with Crippen LogP contribution < -0.4 is 11.1 Å². The van der Waals surface area contributed by atoms with Crippen molar-refractivity contribution in [1.82, 2.24) is 9.78 Å². The summed E-state index contributed by atoms with van der Waals surface area (Å²) in [4.78, 5) is 0. The topological polar surface area (TPSA) is 79.7 Å². The van der Waals surface area contributed by atoms with Gasteiger partial charge >= 0.3 is 0 Å². The van der Waals surface area contributed by atoms with Crippen LogP contribution in [0.15, 0.2) is 30.5 Å². The molecule has 0 atom stereocenters. The molecule has 18 heavy (non-hydrogen) atoms. The van der Waals surface area contributed by atoms with Gasteiger partial charge in [-0.25, -0.2) is 0 Å². The molecule has 2 rings (SSSR count). The zero-order valence-electron chi connectivity index (χ0n) is 10.2. The normalized spacial score (nSPS) is 10.0. The molecular weight excluding hydrogens is 226 g/mol. The number of nitrogen functional groups attached to an aromatic ring is 1. The molecule has 1 aromatic carbocycles. The fourth-order valence-electron chi connectivity index (χ4n) is 1.69. The number of aryl methyl sites for hydroxylation is 1. The average molecular weight is 241 g/mol. The second-order valence-electron chi connectivity index (χ2n) is 4.07. The largest absolute Gasteiger partial charge is 0.398 e. The van der Waals surface area contributed by atoms with Crippen LogP contribution in [0, 0.1) is 11.3 Å². The van der Waals surface area contributed by atoms with E-state index in [4.69, 9.17) is 11.0 Å². The van der Waals surface area contributed by atoms with E-state index in [0.717, 1.165) is 24.3 Å². The molecular formula is C13H15N5. The summed E-state index contributed by atoms with van der Waals surface area (Å²) < 4.78 is 1.78. The van der Waals surface area contributed by atoms with Crippen LogP contribution in [0.25, 0.3) is 0 Å². The summed E-state index contributed by atoms with van der Waals surface area (Å²) in [5, 5.41) is 16.4. The maximum Gasteiger partial charge on any atom is 0.101 e. The quantitative estimate of drug-likeness (QED) is 0.795. The third kappa shape index (κ3) is 2.80. The number of nitriles is 1. The highest BCUT2D eigenvalue weighted by Gasteiger charge is 2.01. The standard InChI is InChI=1S/C13H15N5/c1-18-7-5-11(17-18)4-6-16-12-2-3-13(15)10(8-12)9-14/h2-3,5,7-8,16H,4,6,15H2,1H3. The summed E-state index contributed by atoms with van der Waals surface area (Å²) in [6.45, 7) is 0.770. The van der Waals surface area contributed by atoms with Gasteiger partial charge in [-0.3, -0.25) is 4.68 Å². The van der Waals surface area contributed by atoms with Crippen LogP contribution in [-0.2, 0) is 13.5 Å². The molecule has 2 aromatic rings. The van der Waals surface area contributed by atoms with Crippen molar-refractivity contribution in [3.8, 4) is 6.07 Å². The van der Waals surface area contributed by atoms with Gasteiger partial charge in [0.1, 0.15) is 6.07 Å². The lowest BCUT2D eigenvalue weighted by Gasteiger charge is -2.06. The number of aromatic nitrogens is 2. The van der Waals surface area contributed by atoms with Crippen molar-refractivity contribution in [2.24, 2.45) is 7.05 Å². The lowest BCUT2D eigenvalue weighted by Crippen LogP contribution is -2.06. The molecule has 5 nitrogen and oxygen atoms in total. The number of rotatable bonds is 4. The van der Waals surface area contributed by atoms with E-state index in [1.54, 1.807) is 16.8 Å². The fraction of sp³-hybridized carbons (Fsp3) is 0.231. The summed E-state index contributed by atoms with van der Waals surface area (Å²) in [7, 11) is 1.90. The van der Waals surface area contributed by atoms with Crippen molar-refractivity contribution < 1.29 is 0 Å². The van der Waals surface area contributed by atoms with Crippen LogP contribution in [0.5, 0.6) is 0 Å². The average Bonchev–Trinajstić information content (AvgIpc) is 2.77. The Labute approximate surface area is 106 Å². The first-order valence-electron chi connectivity index (χ1n) is 5.71. The maximum atomic E-state index is 8.88. The molecule has 0 saturated carbocycles. The highest BCUT2D eigenvalue weighted by Crippen LogP contribution is 2.16. The number of anilines is 2. The van der Waals surface area contributed by atoms with Crippen LogP contribution in [0.1, 0.15) is 11.3 Å². The Hall–Kier alpha value is -2.48. The number of nitrogens with zero attached hydrogens (tertiary/aromatic N) is 3. The first-order chi connectivity index (χ1) is 8.69. The molecule has 1 aromatic heterocycles. The molecule has 0 radical (unpaired) electrons. The summed E-state index contributed by atoms with van der Waals surface area (Å²) in [5.41, 5.74) is 8.61. The molecule has 0 unspecified atom stereocenters. The molecule has 5 heteroatoms. The highest BCUT2D eigenvalue weighted by molar-refractivity contribution is 5.61. The third-order valence-corrected chi connectivity index (χ3v) is 2.65. The van der Waals surface area contributed by atoms with E-state index >= 15 is 0 Å². The van der Waals surface area contributed by atoms with Gasteiger partial charge in [-0.05, 0) is 24.3 Å². The van der Waals surface area contributed by atoms with Gasteiger partial charge < -0.3 is 11.1 Å². The smallest absolute Gasteiger partial charge is 0.101 e. The van der Waals surface area contributed by atoms with Crippen LogP contribution >= 0.6 is 0 Å².